The summed E-state index contributed by atoms with van der Waals surface area (Å²) in [5, 5.41) is 8.31. The molecular formula is C10H17F3O3. The Hall–Kier alpha value is -0.780. The lowest BCUT2D eigenvalue weighted by Gasteiger charge is -2.19. The van der Waals surface area contributed by atoms with Crippen molar-refractivity contribution in [1.29, 1.82) is 0 Å². The lowest BCUT2D eigenvalue weighted by Crippen LogP contribution is -2.34. The average molecular weight is 242 g/mol. The predicted octanol–water partition coefficient (Wildman–Crippen LogP) is 2.84. The molecule has 0 bridgehead atoms. The lowest BCUT2D eigenvalue weighted by molar-refractivity contribution is -0.224. The molecule has 1 atom stereocenters. The molecule has 0 rings (SSSR count). The second-order valence-electron chi connectivity index (χ2n) is 4.03. The van der Waals surface area contributed by atoms with Crippen LogP contribution in [0.2, 0.25) is 0 Å². The third-order valence-electron chi connectivity index (χ3n) is 1.97. The van der Waals surface area contributed by atoms with Crippen LogP contribution < -0.4 is 0 Å². The summed E-state index contributed by atoms with van der Waals surface area (Å²) in [6, 6.07) is 0. The number of hydrogen-bond donors (Lipinski definition) is 1. The van der Waals surface area contributed by atoms with Crippen molar-refractivity contribution in [3.63, 3.8) is 0 Å². The summed E-state index contributed by atoms with van der Waals surface area (Å²) in [7, 11) is 0. The molecule has 0 aromatic carbocycles. The fourth-order valence-electron chi connectivity index (χ4n) is 1.14. The Balaban J connectivity index is 3.98. The molecule has 0 saturated heterocycles. The maximum Gasteiger partial charge on any atom is 0.415 e. The topological polar surface area (TPSA) is 46.5 Å². The van der Waals surface area contributed by atoms with E-state index in [-0.39, 0.29) is 6.61 Å². The Labute approximate surface area is 92.6 Å². The fraction of sp³-hybridized carbons (Fsp3) is 0.900. The van der Waals surface area contributed by atoms with Gasteiger partial charge in [0.25, 0.3) is 0 Å². The summed E-state index contributed by atoms with van der Waals surface area (Å²) < 4.78 is 41.4. The second kappa shape index (κ2) is 6.73. The third kappa shape index (κ3) is 7.50. The number of carbonyl (C=O) groups is 1. The molecule has 0 saturated carbocycles. The fourth-order valence-corrected chi connectivity index (χ4v) is 1.14. The molecular weight excluding hydrogens is 225 g/mol. The minimum absolute atomic E-state index is 0.0599. The molecule has 0 spiro atoms. The van der Waals surface area contributed by atoms with Gasteiger partial charge in [-0.25, -0.2) is 0 Å². The quantitative estimate of drug-likeness (QED) is 0.698. The summed E-state index contributed by atoms with van der Waals surface area (Å²) in [5.41, 5.74) is 0. The van der Waals surface area contributed by atoms with Gasteiger partial charge in [-0.3, -0.25) is 4.79 Å². The molecule has 1 N–H and O–H groups in total. The standard InChI is InChI=1S/C10H17F3O3/c1-7(2)4-3-5-16-8(6-9(14)15)10(11,12)13/h7-8H,3-6H2,1-2H3,(H,14,15). The summed E-state index contributed by atoms with van der Waals surface area (Å²) in [6.45, 7) is 3.85. The first-order valence-electron chi connectivity index (χ1n) is 5.13. The SMILES string of the molecule is CC(C)CCCOC(CC(=O)O)C(F)(F)F. The molecule has 0 aromatic heterocycles. The molecule has 3 nitrogen and oxygen atoms in total. The van der Waals surface area contributed by atoms with Crippen molar-refractivity contribution in [2.24, 2.45) is 5.92 Å². The van der Waals surface area contributed by atoms with E-state index in [0.29, 0.717) is 12.3 Å². The van der Waals surface area contributed by atoms with Crippen molar-refractivity contribution in [1.82, 2.24) is 0 Å². The molecule has 0 aliphatic carbocycles. The van der Waals surface area contributed by atoms with Gasteiger partial charge in [-0.1, -0.05) is 13.8 Å². The highest BCUT2D eigenvalue weighted by Gasteiger charge is 2.41. The van der Waals surface area contributed by atoms with Crippen LogP contribution in [0, 0.1) is 5.92 Å². The van der Waals surface area contributed by atoms with E-state index in [1.807, 2.05) is 13.8 Å². The van der Waals surface area contributed by atoms with Gasteiger partial charge in [-0.15, -0.1) is 0 Å². The van der Waals surface area contributed by atoms with Crippen LogP contribution in [0.1, 0.15) is 33.1 Å². The van der Waals surface area contributed by atoms with Crippen LogP contribution in [0.25, 0.3) is 0 Å². The van der Waals surface area contributed by atoms with Gasteiger partial charge >= 0.3 is 12.1 Å². The Kier molecular flexibility index (Phi) is 6.40. The van der Waals surface area contributed by atoms with Gasteiger partial charge in [0.15, 0.2) is 6.10 Å². The minimum Gasteiger partial charge on any atom is -0.481 e. The highest BCUT2D eigenvalue weighted by atomic mass is 19.4. The molecule has 0 fully saturated rings. The zero-order valence-corrected chi connectivity index (χ0v) is 9.38. The van der Waals surface area contributed by atoms with Gasteiger partial charge in [0.05, 0.1) is 6.42 Å². The van der Waals surface area contributed by atoms with Gasteiger partial charge < -0.3 is 9.84 Å². The largest absolute Gasteiger partial charge is 0.481 e. The van der Waals surface area contributed by atoms with Crippen LogP contribution in [0.5, 0.6) is 0 Å². The van der Waals surface area contributed by atoms with Crippen LogP contribution in [0.15, 0.2) is 0 Å². The van der Waals surface area contributed by atoms with Gasteiger partial charge in [-0.05, 0) is 18.8 Å². The molecule has 0 radical (unpaired) electrons. The number of alkyl halides is 3. The molecule has 0 amide bonds. The Morgan fingerprint density at radius 1 is 1.38 bits per heavy atom. The van der Waals surface area contributed by atoms with Gasteiger partial charge in [-0.2, -0.15) is 13.2 Å². The number of carboxylic acids is 1. The summed E-state index contributed by atoms with van der Waals surface area (Å²) in [5.74, 6) is -1.11. The van der Waals surface area contributed by atoms with Gasteiger partial charge in [0.2, 0.25) is 0 Å². The second-order valence-corrected chi connectivity index (χ2v) is 4.03. The van der Waals surface area contributed by atoms with Crippen molar-refractivity contribution in [3.8, 4) is 0 Å². The van der Waals surface area contributed by atoms with E-state index in [4.69, 9.17) is 5.11 Å². The molecule has 0 aliphatic heterocycles. The molecule has 0 aliphatic rings. The first-order valence-corrected chi connectivity index (χ1v) is 5.13. The maximum absolute atomic E-state index is 12.3. The van der Waals surface area contributed by atoms with Gasteiger partial charge in [0.1, 0.15) is 0 Å². The Morgan fingerprint density at radius 3 is 2.31 bits per heavy atom. The first-order chi connectivity index (χ1) is 7.23. The van der Waals surface area contributed by atoms with E-state index >= 15 is 0 Å². The van der Waals surface area contributed by atoms with E-state index in [1.54, 1.807) is 0 Å². The van der Waals surface area contributed by atoms with E-state index in [1.165, 1.54) is 0 Å². The van der Waals surface area contributed by atoms with E-state index in [9.17, 15) is 18.0 Å². The first kappa shape index (κ1) is 15.2. The van der Waals surface area contributed by atoms with Crippen LogP contribution in [0.3, 0.4) is 0 Å². The molecule has 0 aromatic rings. The highest BCUT2D eigenvalue weighted by molar-refractivity contribution is 5.67. The van der Waals surface area contributed by atoms with Crippen molar-refractivity contribution < 1.29 is 27.8 Å². The van der Waals surface area contributed by atoms with Crippen molar-refractivity contribution in [3.05, 3.63) is 0 Å². The average Bonchev–Trinajstić information content (AvgIpc) is 2.07. The number of aliphatic carboxylic acids is 1. The Morgan fingerprint density at radius 2 is 1.94 bits per heavy atom. The maximum atomic E-state index is 12.3. The number of hydrogen-bond acceptors (Lipinski definition) is 2. The zero-order chi connectivity index (χ0) is 12.8. The van der Waals surface area contributed by atoms with Crippen LogP contribution in [0.4, 0.5) is 13.2 Å². The van der Waals surface area contributed by atoms with E-state index in [2.05, 4.69) is 4.74 Å². The molecule has 0 heterocycles. The van der Waals surface area contributed by atoms with E-state index in [0.717, 1.165) is 6.42 Å². The Bertz CT molecular complexity index is 214. The molecule has 6 heteroatoms. The smallest absolute Gasteiger partial charge is 0.415 e. The normalized spacial score (nSPS) is 14.1. The number of ether oxygens (including phenoxy) is 1. The van der Waals surface area contributed by atoms with Crippen molar-refractivity contribution in [2.75, 3.05) is 6.61 Å². The monoisotopic (exact) mass is 242 g/mol. The zero-order valence-electron chi connectivity index (χ0n) is 9.38. The summed E-state index contributed by atoms with van der Waals surface area (Å²) in [6.07, 6.45) is -6.58. The number of halogens is 3. The number of rotatable bonds is 7. The summed E-state index contributed by atoms with van der Waals surface area (Å²) in [4.78, 5) is 10.2. The predicted molar refractivity (Wildman–Crippen MR) is 52.1 cm³/mol. The van der Waals surface area contributed by atoms with Gasteiger partial charge in [0, 0.05) is 6.61 Å². The highest BCUT2D eigenvalue weighted by Crippen LogP contribution is 2.25. The molecule has 16 heavy (non-hydrogen) atoms. The minimum atomic E-state index is -4.61. The summed E-state index contributed by atoms with van der Waals surface area (Å²) >= 11 is 0. The van der Waals surface area contributed by atoms with Crippen LogP contribution in [-0.4, -0.2) is 30.0 Å². The molecule has 1 unspecified atom stereocenters. The van der Waals surface area contributed by atoms with Crippen LogP contribution >= 0.6 is 0 Å². The van der Waals surface area contributed by atoms with Crippen molar-refractivity contribution in [2.45, 2.75) is 45.4 Å². The molecule has 96 valence electrons. The third-order valence-corrected chi connectivity index (χ3v) is 1.97. The van der Waals surface area contributed by atoms with Crippen LogP contribution in [-0.2, 0) is 9.53 Å². The van der Waals surface area contributed by atoms with Crippen molar-refractivity contribution >= 4 is 5.97 Å². The lowest BCUT2D eigenvalue weighted by atomic mass is 10.1. The van der Waals surface area contributed by atoms with E-state index < -0.39 is 24.7 Å². The number of carboxylic acid groups (broad SMARTS) is 1.